The van der Waals surface area contributed by atoms with Gasteiger partial charge >= 0.3 is 5.97 Å². The number of aromatic carboxylic acids is 1. The summed E-state index contributed by atoms with van der Waals surface area (Å²) in [5.41, 5.74) is 0. The van der Waals surface area contributed by atoms with Crippen molar-refractivity contribution in [2.45, 2.75) is 18.8 Å². The Morgan fingerprint density at radius 3 is 2.67 bits per heavy atom. The van der Waals surface area contributed by atoms with Crippen LogP contribution in [0, 0.1) is 11.3 Å². The molecule has 0 bridgehead atoms. The Hall–Kier alpha value is -2.74. The number of nitriles is 1. The molecule has 21 heavy (non-hydrogen) atoms. The van der Waals surface area contributed by atoms with Crippen LogP contribution in [0.3, 0.4) is 0 Å². The van der Waals surface area contributed by atoms with Crippen molar-refractivity contribution < 1.29 is 19.1 Å². The van der Waals surface area contributed by atoms with Gasteiger partial charge in [0, 0.05) is 0 Å². The Morgan fingerprint density at radius 2 is 2.05 bits per heavy atom. The van der Waals surface area contributed by atoms with Crippen LogP contribution < -0.4 is 4.74 Å². The number of rotatable bonds is 7. The molecular formula is C16H15NO4. The number of hydrogen-bond acceptors (Lipinski definition) is 4. The monoisotopic (exact) mass is 285 g/mol. The van der Waals surface area contributed by atoms with Crippen LogP contribution in [-0.2, 0) is 0 Å². The zero-order valence-electron chi connectivity index (χ0n) is 11.4. The highest BCUT2D eigenvalue weighted by atomic mass is 16.5. The topological polar surface area (TPSA) is 83.5 Å². The minimum atomic E-state index is -1.13. The van der Waals surface area contributed by atoms with Crippen molar-refractivity contribution in [1.29, 1.82) is 5.26 Å². The van der Waals surface area contributed by atoms with Crippen LogP contribution in [0.1, 0.15) is 35.1 Å². The molecule has 1 aromatic heterocycles. The fraction of sp³-hybridized carbons (Fsp3) is 0.250. The quantitative estimate of drug-likeness (QED) is 0.788. The molecule has 5 nitrogen and oxygen atoms in total. The smallest absolute Gasteiger partial charge is 0.371 e. The number of carboxylic acid groups (broad SMARTS) is 1. The standard InChI is InChI=1S/C16H15NO4/c17-11-12(14-8-9-15(21-14)16(18)19)5-4-10-20-13-6-2-1-3-7-13/h1-3,6-9,12H,4-5,10H2,(H,18,19). The number of carboxylic acids is 1. The van der Waals surface area contributed by atoms with Gasteiger partial charge < -0.3 is 14.3 Å². The van der Waals surface area contributed by atoms with E-state index in [1.54, 1.807) is 0 Å². The fourth-order valence-corrected chi connectivity index (χ4v) is 1.92. The van der Waals surface area contributed by atoms with Crippen molar-refractivity contribution in [2.75, 3.05) is 6.61 Å². The molecule has 1 unspecified atom stereocenters. The van der Waals surface area contributed by atoms with E-state index < -0.39 is 11.9 Å². The van der Waals surface area contributed by atoms with E-state index in [0.29, 0.717) is 25.2 Å². The molecule has 1 heterocycles. The third-order valence-corrected chi connectivity index (χ3v) is 2.99. The van der Waals surface area contributed by atoms with Crippen molar-refractivity contribution >= 4 is 5.97 Å². The van der Waals surface area contributed by atoms with Gasteiger partial charge in [0.15, 0.2) is 0 Å². The molecule has 0 saturated carbocycles. The maximum atomic E-state index is 10.7. The molecule has 5 heteroatoms. The first-order valence-electron chi connectivity index (χ1n) is 6.61. The Bertz CT molecular complexity index is 627. The first-order valence-corrected chi connectivity index (χ1v) is 6.61. The average molecular weight is 285 g/mol. The van der Waals surface area contributed by atoms with Crippen LogP contribution in [0.4, 0.5) is 0 Å². The molecule has 0 aliphatic rings. The van der Waals surface area contributed by atoms with Gasteiger partial charge in [-0.15, -0.1) is 0 Å². The molecule has 0 radical (unpaired) electrons. The van der Waals surface area contributed by atoms with Crippen LogP contribution in [0.25, 0.3) is 0 Å². The SMILES string of the molecule is N#CC(CCCOc1ccccc1)c1ccc(C(=O)O)o1. The lowest BCUT2D eigenvalue weighted by molar-refractivity contribution is 0.0660. The molecule has 0 aliphatic heterocycles. The van der Waals surface area contributed by atoms with Gasteiger partial charge in [-0.25, -0.2) is 4.79 Å². The summed E-state index contributed by atoms with van der Waals surface area (Å²) in [4.78, 5) is 10.7. The molecular weight excluding hydrogens is 270 g/mol. The van der Waals surface area contributed by atoms with Crippen LogP contribution >= 0.6 is 0 Å². The number of furan rings is 1. The number of hydrogen-bond donors (Lipinski definition) is 1. The highest BCUT2D eigenvalue weighted by Crippen LogP contribution is 2.23. The van der Waals surface area contributed by atoms with Gasteiger partial charge in [-0.05, 0) is 37.1 Å². The maximum Gasteiger partial charge on any atom is 0.371 e. The molecule has 0 aliphatic carbocycles. The summed E-state index contributed by atoms with van der Waals surface area (Å²) in [6, 6.07) is 14.5. The fourth-order valence-electron chi connectivity index (χ4n) is 1.92. The van der Waals surface area contributed by atoms with Crippen LogP contribution in [0.15, 0.2) is 46.9 Å². The van der Waals surface area contributed by atoms with E-state index in [4.69, 9.17) is 19.5 Å². The molecule has 0 amide bonds. The average Bonchev–Trinajstić information content (AvgIpc) is 2.98. The summed E-state index contributed by atoms with van der Waals surface area (Å²) in [6.45, 7) is 0.495. The molecule has 108 valence electrons. The minimum Gasteiger partial charge on any atom is -0.494 e. The molecule has 2 aromatic rings. The van der Waals surface area contributed by atoms with Gasteiger partial charge in [-0.2, -0.15) is 5.26 Å². The van der Waals surface area contributed by atoms with Gasteiger partial charge in [-0.1, -0.05) is 18.2 Å². The largest absolute Gasteiger partial charge is 0.494 e. The van der Waals surface area contributed by atoms with Crippen LogP contribution in [0.2, 0.25) is 0 Å². The molecule has 0 fully saturated rings. The van der Waals surface area contributed by atoms with Gasteiger partial charge in [0.05, 0.1) is 12.7 Å². The second-order valence-electron chi connectivity index (χ2n) is 4.49. The highest BCUT2D eigenvalue weighted by molar-refractivity contribution is 5.84. The zero-order chi connectivity index (χ0) is 15.1. The lowest BCUT2D eigenvalue weighted by Gasteiger charge is -2.08. The van der Waals surface area contributed by atoms with Gasteiger partial charge in [0.2, 0.25) is 5.76 Å². The van der Waals surface area contributed by atoms with Crippen molar-refractivity contribution in [1.82, 2.24) is 0 Å². The van der Waals surface area contributed by atoms with E-state index in [-0.39, 0.29) is 5.76 Å². The molecule has 1 atom stereocenters. The van der Waals surface area contributed by atoms with Crippen LogP contribution in [-0.4, -0.2) is 17.7 Å². The van der Waals surface area contributed by atoms with E-state index in [1.807, 2.05) is 30.3 Å². The summed E-state index contributed by atoms with van der Waals surface area (Å²) >= 11 is 0. The first kappa shape index (κ1) is 14.7. The molecule has 1 aromatic carbocycles. The molecule has 0 spiro atoms. The number of ether oxygens (including phenoxy) is 1. The summed E-state index contributed by atoms with van der Waals surface area (Å²) < 4.78 is 10.7. The Kier molecular flexibility index (Phi) is 4.99. The van der Waals surface area contributed by atoms with Crippen molar-refractivity contribution in [3.8, 4) is 11.8 Å². The summed E-state index contributed by atoms with van der Waals surface area (Å²) in [5.74, 6) is -0.569. The lowest BCUT2D eigenvalue weighted by Crippen LogP contribution is -2.01. The number of para-hydroxylation sites is 1. The van der Waals surface area contributed by atoms with E-state index in [0.717, 1.165) is 5.75 Å². The zero-order valence-corrected chi connectivity index (χ0v) is 11.4. The van der Waals surface area contributed by atoms with Gasteiger partial charge in [0.1, 0.15) is 17.4 Å². The summed E-state index contributed by atoms with van der Waals surface area (Å²) in [6.07, 6.45) is 1.23. The van der Waals surface area contributed by atoms with E-state index in [1.165, 1.54) is 12.1 Å². The molecule has 1 N–H and O–H groups in total. The molecule has 2 rings (SSSR count). The minimum absolute atomic E-state index is 0.147. The highest BCUT2D eigenvalue weighted by Gasteiger charge is 2.17. The maximum absolute atomic E-state index is 10.7. The Morgan fingerprint density at radius 1 is 1.29 bits per heavy atom. The third kappa shape index (κ3) is 4.11. The lowest BCUT2D eigenvalue weighted by atomic mass is 10.0. The second-order valence-corrected chi connectivity index (χ2v) is 4.49. The summed E-state index contributed by atoms with van der Waals surface area (Å²) in [7, 11) is 0. The van der Waals surface area contributed by atoms with Crippen LogP contribution in [0.5, 0.6) is 5.75 Å². The van der Waals surface area contributed by atoms with Crippen molar-refractivity contribution in [3.05, 3.63) is 54.0 Å². The van der Waals surface area contributed by atoms with Gasteiger partial charge in [-0.3, -0.25) is 0 Å². The summed E-state index contributed by atoms with van der Waals surface area (Å²) in [5, 5.41) is 17.9. The van der Waals surface area contributed by atoms with E-state index >= 15 is 0 Å². The van der Waals surface area contributed by atoms with Crippen molar-refractivity contribution in [2.24, 2.45) is 0 Å². The Labute approximate surface area is 122 Å². The number of benzene rings is 1. The third-order valence-electron chi connectivity index (χ3n) is 2.99. The number of nitrogens with zero attached hydrogens (tertiary/aromatic N) is 1. The van der Waals surface area contributed by atoms with Gasteiger partial charge in [0.25, 0.3) is 0 Å². The predicted molar refractivity (Wildman–Crippen MR) is 75.2 cm³/mol. The first-order chi connectivity index (χ1) is 10.2. The predicted octanol–water partition coefficient (Wildman–Crippen LogP) is 3.44. The normalized spacial score (nSPS) is 11.6. The van der Waals surface area contributed by atoms with E-state index in [2.05, 4.69) is 6.07 Å². The second kappa shape index (κ2) is 7.15. The number of carbonyl (C=O) groups is 1. The van der Waals surface area contributed by atoms with Crippen molar-refractivity contribution in [3.63, 3.8) is 0 Å². The Balaban J connectivity index is 1.82. The van der Waals surface area contributed by atoms with E-state index in [9.17, 15) is 4.79 Å². The molecule has 0 saturated heterocycles.